The van der Waals surface area contributed by atoms with Gasteiger partial charge in [0.15, 0.2) is 0 Å². The Morgan fingerprint density at radius 1 is 1.00 bits per heavy atom. The second-order valence-electron chi connectivity index (χ2n) is 0.269. The molecular weight excluding hydrogens is 124 g/mol. The summed E-state index contributed by atoms with van der Waals surface area (Å²) >= 11 is 0. The maximum Gasteiger partial charge on any atom is 1.00 e. The van der Waals surface area contributed by atoms with Crippen LogP contribution in [0.4, 0.5) is 0 Å². The average molecular weight is 126 g/mol. The van der Waals surface area contributed by atoms with Crippen molar-refractivity contribution in [3.05, 3.63) is 0 Å². The second kappa shape index (κ2) is 15.7. The van der Waals surface area contributed by atoms with E-state index >= 15 is 0 Å². The first-order chi connectivity index (χ1) is 2.41. The Labute approximate surface area is 69.8 Å². The van der Waals surface area contributed by atoms with Crippen LogP contribution in [0.2, 0.25) is 0 Å². The van der Waals surface area contributed by atoms with Crippen molar-refractivity contribution in [3.8, 4) is 0 Å². The van der Waals surface area contributed by atoms with Gasteiger partial charge in [-0.1, -0.05) is 18.1 Å². The largest absolute Gasteiger partial charge is 1.00 e. The maximum absolute atomic E-state index is 9.14. The van der Waals surface area contributed by atoms with E-state index in [1.807, 2.05) is 0 Å². The molecule has 0 aromatic heterocycles. The fraction of sp³-hybridized carbons (Fsp3) is 0. The summed E-state index contributed by atoms with van der Waals surface area (Å²) in [5, 5.41) is 0. The molecule has 0 aliphatic heterocycles. The van der Waals surface area contributed by atoms with Crippen LogP contribution in [-0.4, -0.2) is 0 Å². The number of rotatable bonds is 2. The molecule has 0 spiro atoms. The van der Waals surface area contributed by atoms with Crippen molar-refractivity contribution in [1.29, 1.82) is 0 Å². The molecule has 2 unspecified atom stereocenters. The van der Waals surface area contributed by atoms with E-state index in [4.69, 9.17) is 9.79 Å². The van der Waals surface area contributed by atoms with Crippen LogP contribution in [0.3, 0.4) is 0 Å². The van der Waals surface area contributed by atoms with Crippen LogP contribution in [0.1, 0.15) is 0 Å². The van der Waals surface area contributed by atoms with E-state index in [1.165, 1.54) is 0 Å². The number of hydrogen-bond acceptors (Lipinski definition) is 3. The molecule has 0 rings (SSSR count). The van der Waals surface area contributed by atoms with Crippen molar-refractivity contribution in [3.63, 3.8) is 0 Å². The summed E-state index contributed by atoms with van der Waals surface area (Å²) in [6.07, 6.45) is 0. The minimum Gasteiger partial charge on any atom is -0.810 e. The summed E-state index contributed by atoms with van der Waals surface area (Å²) in [5.41, 5.74) is 0. The molecule has 7 heteroatoms. The third kappa shape index (κ3) is 18.1. The van der Waals surface area contributed by atoms with Crippen LogP contribution in [-0.2, 0) is 4.31 Å². The third-order valence-electron chi connectivity index (χ3n) is 0.0833. The first-order valence-corrected chi connectivity index (χ1v) is 2.45. The quantitative estimate of drug-likeness (QED) is 0.272. The molecule has 0 fully saturated rings. The number of hydrogen-bond donors (Lipinski definition) is 0. The molecule has 0 N–H and O–H groups in total. The van der Waals surface area contributed by atoms with Crippen molar-refractivity contribution in [2.75, 3.05) is 0 Å². The average Bonchev–Trinajstić information content (AvgIpc) is 1.41. The molecule has 3 nitrogen and oxygen atoms in total. The van der Waals surface area contributed by atoms with Gasteiger partial charge in [0, 0.05) is 0 Å². The predicted molar refractivity (Wildman–Crippen MR) is 17.7 cm³/mol. The summed E-state index contributed by atoms with van der Waals surface area (Å²) in [4.78, 5) is 18.3. The van der Waals surface area contributed by atoms with E-state index in [0.29, 0.717) is 0 Å². The molecule has 32 valence electrons. The standard InChI is InChI=1S/2Li.H2O3P2/c;;1-4-3-5-2/h;;4-5H/q2*+1;-2. The fourth-order valence-electron chi connectivity index (χ4n) is 0.0170. The summed E-state index contributed by atoms with van der Waals surface area (Å²) in [6.45, 7) is 0. The molecule has 0 aliphatic rings. The Kier molecular flexibility index (Phi) is 35.8. The van der Waals surface area contributed by atoms with Gasteiger partial charge in [0.05, 0.1) is 0 Å². The topological polar surface area (TPSA) is 55.3 Å². The van der Waals surface area contributed by atoms with E-state index < -0.39 is 18.1 Å². The van der Waals surface area contributed by atoms with Crippen LogP contribution in [0, 0.1) is 0 Å². The van der Waals surface area contributed by atoms with E-state index in [9.17, 15) is 0 Å². The second-order valence-corrected chi connectivity index (χ2v) is 1.42. The minimum absolute atomic E-state index is 0. The van der Waals surface area contributed by atoms with Gasteiger partial charge in [-0.2, -0.15) is 0 Å². The summed E-state index contributed by atoms with van der Waals surface area (Å²) < 4.78 is 3.78. The Hall–Kier alpha value is 1.93. The van der Waals surface area contributed by atoms with Crippen molar-refractivity contribution in [2.24, 2.45) is 0 Å². The van der Waals surface area contributed by atoms with E-state index in [-0.39, 0.29) is 37.7 Å². The Morgan fingerprint density at radius 3 is 1.29 bits per heavy atom. The summed E-state index contributed by atoms with van der Waals surface area (Å²) in [5.74, 6) is 0. The molecule has 0 aliphatic carbocycles. The van der Waals surface area contributed by atoms with Gasteiger partial charge in [-0.05, 0) is 0 Å². The first-order valence-electron chi connectivity index (χ1n) is 0.816. The zero-order chi connectivity index (χ0) is 4.12. The van der Waals surface area contributed by atoms with Gasteiger partial charge < -0.3 is 14.1 Å². The van der Waals surface area contributed by atoms with Crippen LogP contribution in [0.5, 0.6) is 0 Å². The molecular formula is H2Li2O3P2. The van der Waals surface area contributed by atoms with Gasteiger partial charge in [0.2, 0.25) is 0 Å². The monoisotopic (exact) mass is 126 g/mol. The third-order valence-corrected chi connectivity index (χ3v) is 0.750. The van der Waals surface area contributed by atoms with Crippen molar-refractivity contribution in [2.45, 2.75) is 0 Å². The zero-order valence-electron chi connectivity index (χ0n) is 4.22. The van der Waals surface area contributed by atoms with Crippen LogP contribution in [0.25, 0.3) is 0 Å². The molecule has 0 radical (unpaired) electrons. The van der Waals surface area contributed by atoms with Crippen LogP contribution < -0.4 is 47.5 Å². The van der Waals surface area contributed by atoms with Gasteiger partial charge in [0.1, 0.15) is 0 Å². The van der Waals surface area contributed by atoms with Crippen LogP contribution in [0.15, 0.2) is 0 Å². The summed E-state index contributed by atoms with van der Waals surface area (Å²) in [7, 11) is -1.78. The molecule has 0 aromatic rings. The first kappa shape index (κ1) is 16.0. The van der Waals surface area contributed by atoms with E-state index in [0.717, 1.165) is 0 Å². The summed E-state index contributed by atoms with van der Waals surface area (Å²) in [6, 6.07) is 0. The van der Waals surface area contributed by atoms with E-state index in [2.05, 4.69) is 4.31 Å². The SMILES string of the molecule is [Li+].[Li+].[O-]POP[O-]. The molecule has 0 bridgehead atoms. The van der Waals surface area contributed by atoms with Gasteiger partial charge in [-0.25, -0.2) is 0 Å². The van der Waals surface area contributed by atoms with Crippen molar-refractivity contribution in [1.82, 2.24) is 0 Å². The van der Waals surface area contributed by atoms with Gasteiger partial charge in [-0.15, -0.1) is 0 Å². The Balaban J connectivity index is -0.0000000800. The minimum atomic E-state index is -0.892. The molecule has 0 amide bonds. The smallest absolute Gasteiger partial charge is 0.810 e. The molecule has 0 heterocycles. The van der Waals surface area contributed by atoms with Crippen LogP contribution >= 0.6 is 18.1 Å². The van der Waals surface area contributed by atoms with Gasteiger partial charge in [0.25, 0.3) is 0 Å². The van der Waals surface area contributed by atoms with Gasteiger partial charge in [-0.3, -0.25) is 0 Å². The fourth-order valence-corrected chi connectivity index (χ4v) is 0.153. The molecule has 0 saturated carbocycles. The molecule has 0 aromatic carbocycles. The predicted octanol–water partition coefficient (Wildman–Crippen LogP) is -7.25. The van der Waals surface area contributed by atoms with Gasteiger partial charge >= 0.3 is 37.7 Å². The Morgan fingerprint density at radius 2 is 1.29 bits per heavy atom. The van der Waals surface area contributed by atoms with Crippen molar-refractivity contribution >= 4 is 18.1 Å². The Bertz CT molecular complexity index is 18.4. The molecule has 0 saturated heterocycles. The van der Waals surface area contributed by atoms with Crippen molar-refractivity contribution < 1.29 is 51.8 Å². The maximum atomic E-state index is 9.14. The zero-order valence-corrected chi connectivity index (χ0v) is 6.22. The molecule has 2 atom stereocenters. The molecule has 7 heavy (non-hydrogen) atoms. The normalized spacial score (nSPS) is 9.43. The van der Waals surface area contributed by atoms with E-state index in [1.54, 1.807) is 0 Å².